The Labute approximate surface area is 119 Å². The Bertz CT molecular complexity index is 600. The number of methoxy groups -OCH3 is 1. The first-order valence-electron chi connectivity index (χ1n) is 5.61. The topological polar surface area (TPSA) is 53.8 Å². The molecule has 0 bridgehead atoms. The van der Waals surface area contributed by atoms with Crippen LogP contribution >= 0.6 is 15.9 Å². The van der Waals surface area contributed by atoms with E-state index in [2.05, 4.69) is 26.5 Å². The summed E-state index contributed by atoms with van der Waals surface area (Å²) in [6, 6.07) is 12.8. The van der Waals surface area contributed by atoms with E-state index in [0.717, 1.165) is 11.4 Å². The fraction of sp³-hybridized carbons (Fsp3) is 0.0714. The number of anilines is 1. The second kappa shape index (κ2) is 6.24. The molecule has 0 aromatic heterocycles. The Morgan fingerprint density at radius 1 is 1.26 bits per heavy atom. The molecule has 0 unspecified atom stereocenters. The molecule has 0 aliphatic rings. The normalized spacial score (nSPS) is 10.6. The van der Waals surface area contributed by atoms with Crippen molar-refractivity contribution in [3.63, 3.8) is 0 Å². The number of benzene rings is 2. The Morgan fingerprint density at radius 2 is 2.05 bits per heavy atom. The number of hydrazone groups is 1. The van der Waals surface area contributed by atoms with E-state index < -0.39 is 0 Å². The van der Waals surface area contributed by atoms with Crippen molar-refractivity contribution < 1.29 is 9.84 Å². The zero-order chi connectivity index (χ0) is 13.7. The number of halogens is 1. The zero-order valence-electron chi connectivity index (χ0n) is 10.3. The third-order valence-corrected chi connectivity index (χ3v) is 3.12. The molecular formula is C14H13BrN2O2. The number of hydrogen-bond donors (Lipinski definition) is 2. The highest BCUT2D eigenvalue weighted by Crippen LogP contribution is 2.26. The van der Waals surface area contributed by atoms with E-state index in [0.29, 0.717) is 10.0 Å². The van der Waals surface area contributed by atoms with E-state index in [-0.39, 0.29) is 5.75 Å². The summed E-state index contributed by atoms with van der Waals surface area (Å²) in [4.78, 5) is 0. The van der Waals surface area contributed by atoms with Gasteiger partial charge in [-0.3, -0.25) is 5.43 Å². The van der Waals surface area contributed by atoms with Gasteiger partial charge in [-0.25, -0.2) is 0 Å². The minimum absolute atomic E-state index is 0.165. The van der Waals surface area contributed by atoms with Crippen molar-refractivity contribution in [2.24, 2.45) is 5.10 Å². The van der Waals surface area contributed by atoms with E-state index >= 15 is 0 Å². The average Bonchev–Trinajstić information content (AvgIpc) is 2.44. The first-order chi connectivity index (χ1) is 9.20. The third-order valence-electron chi connectivity index (χ3n) is 2.49. The van der Waals surface area contributed by atoms with Crippen LogP contribution in [0.1, 0.15) is 5.56 Å². The number of phenols is 1. The summed E-state index contributed by atoms with van der Waals surface area (Å²) in [5, 5.41) is 13.9. The lowest BCUT2D eigenvalue weighted by Crippen LogP contribution is -1.92. The summed E-state index contributed by atoms with van der Waals surface area (Å²) < 4.78 is 5.75. The zero-order valence-corrected chi connectivity index (χ0v) is 11.9. The average molecular weight is 321 g/mol. The lowest BCUT2D eigenvalue weighted by molar-refractivity contribution is 0.415. The van der Waals surface area contributed by atoms with Crippen molar-refractivity contribution in [2.45, 2.75) is 0 Å². The summed E-state index contributed by atoms with van der Waals surface area (Å²) in [5.74, 6) is 0.921. The third kappa shape index (κ3) is 3.48. The van der Waals surface area contributed by atoms with Gasteiger partial charge in [-0.1, -0.05) is 12.1 Å². The van der Waals surface area contributed by atoms with Crippen LogP contribution in [0.5, 0.6) is 11.5 Å². The molecule has 2 rings (SSSR count). The molecule has 2 aromatic rings. The van der Waals surface area contributed by atoms with Crippen molar-refractivity contribution in [2.75, 3.05) is 12.5 Å². The highest BCUT2D eigenvalue weighted by atomic mass is 79.9. The molecule has 0 saturated heterocycles. The summed E-state index contributed by atoms with van der Waals surface area (Å²) in [5.41, 5.74) is 4.32. The maximum Gasteiger partial charge on any atom is 0.138 e. The maximum absolute atomic E-state index is 9.79. The van der Waals surface area contributed by atoms with Crippen molar-refractivity contribution in [1.82, 2.24) is 0 Å². The largest absolute Gasteiger partial charge is 0.506 e. The standard InChI is InChI=1S/C14H13BrN2O2/c1-19-12-6-3-5-11(8-12)17-16-9-10-4-2-7-13(15)14(10)18/h2-9,17-18H,1H3/b16-9-. The van der Waals surface area contributed by atoms with Crippen LogP contribution in [0.25, 0.3) is 0 Å². The van der Waals surface area contributed by atoms with Gasteiger partial charge in [0.25, 0.3) is 0 Å². The van der Waals surface area contributed by atoms with Gasteiger partial charge in [-0.15, -0.1) is 0 Å². The highest BCUT2D eigenvalue weighted by molar-refractivity contribution is 9.10. The molecule has 0 heterocycles. The molecular weight excluding hydrogens is 308 g/mol. The Balaban J connectivity index is 2.09. The van der Waals surface area contributed by atoms with Gasteiger partial charge in [0.2, 0.25) is 0 Å². The SMILES string of the molecule is COc1cccc(N/N=C\c2cccc(Br)c2O)c1. The molecule has 0 aliphatic carbocycles. The maximum atomic E-state index is 9.79. The molecule has 0 amide bonds. The summed E-state index contributed by atoms with van der Waals surface area (Å²) in [7, 11) is 1.61. The monoisotopic (exact) mass is 320 g/mol. The molecule has 5 heteroatoms. The van der Waals surface area contributed by atoms with E-state index in [9.17, 15) is 5.11 Å². The molecule has 98 valence electrons. The molecule has 0 radical (unpaired) electrons. The van der Waals surface area contributed by atoms with Crippen LogP contribution in [-0.2, 0) is 0 Å². The molecule has 2 aromatic carbocycles. The second-order valence-electron chi connectivity index (χ2n) is 3.78. The Kier molecular flexibility index (Phi) is 4.41. The minimum atomic E-state index is 0.165. The smallest absolute Gasteiger partial charge is 0.138 e. The molecule has 0 aliphatic heterocycles. The van der Waals surface area contributed by atoms with Crippen molar-refractivity contribution in [3.8, 4) is 11.5 Å². The van der Waals surface area contributed by atoms with Crippen LogP contribution in [0.4, 0.5) is 5.69 Å². The lowest BCUT2D eigenvalue weighted by atomic mass is 10.2. The quantitative estimate of drug-likeness (QED) is 0.668. The first kappa shape index (κ1) is 13.4. The first-order valence-corrected chi connectivity index (χ1v) is 6.40. The lowest BCUT2D eigenvalue weighted by Gasteiger charge is -2.04. The fourth-order valence-electron chi connectivity index (χ4n) is 1.51. The van der Waals surface area contributed by atoms with Crippen LogP contribution in [0.15, 0.2) is 52.0 Å². The number of nitrogens with one attached hydrogen (secondary N) is 1. The van der Waals surface area contributed by atoms with Crippen LogP contribution in [-0.4, -0.2) is 18.4 Å². The van der Waals surface area contributed by atoms with E-state index in [1.807, 2.05) is 30.3 Å². The number of ether oxygens (including phenoxy) is 1. The molecule has 0 atom stereocenters. The summed E-state index contributed by atoms with van der Waals surface area (Å²) >= 11 is 3.25. The second-order valence-corrected chi connectivity index (χ2v) is 4.63. The molecule has 19 heavy (non-hydrogen) atoms. The number of phenolic OH excluding ortho intramolecular Hbond substituents is 1. The van der Waals surface area contributed by atoms with Crippen molar-refractivity contribution >= 4 is 27.8 Å². The van der Waals surface area contributed by atoms with Crippen LogP contribution in [0, 0.1) is 0 Å². The Hall–Kier alpha value is -2.01. The molecule has 2 N–H and O–H groups in total. The molecule has 0 spiro atoms. The summed E-state index contributed by atoms with van der Waals surface area (Å²) in [6.07, 6.45) is 1.56. The number of rotatable bonds is 4. The van der Waals surface area contributed by atoms with Gasteiger partial charge in [0.15, 0.2) is 0 Å². The van der Waals surface area contributed by atoms with Gasteiger partial charge in [0.05, 0.1) is 23.5 Å². The number of para-hydroxylation sites is 1. The number of aromatic hydroxyl groups is 1. The Morgan fingerprint density at radius 3 is 2.84 bits per heavy atom. The van der Waals surface area contributed by atoms with E-state index in [1.165, 1.54) is 0 Å². The van der Waals surface area contributed by atoms with Crippen LogP contribution in [0.2, 0.25) is 0 Å². The number of nitrogens with zero attached hydrogens (tertiary/aromatic N) is 1. The van der Waals surface area contributed by atoms with E-state index in [1.54, 1.807) is 25.5 Å². The highest BCUT2D eigenvalue weighted by Gasteiger charge is 2.01. The van der Waals surface area contributed by atoms with Gasteiger partial charge in [0, 0.05) is 11.6 Å². The van der Waals surface area contributed by atoms with Gasteiger partial charge in [-0.05, 0) is 40.2 Å². The fourth-order valence-corrected chi connectivity index (χ4v) is 1.89. The predicted molar refractivity (Wildman–Crippen MR) is 80.0 cm³/mol. The summed E-state index contributed by atoms with van der Waals surface area (Å²) in [6.45, 7) is 0. The van der Waals surface area contributed by atoms with Gasteiger partial charge >= 0.3 is 0 Å². The van der Waals surface area contributed by atoms with Crippen LogP contribution < -0.4 is 10.2 Å². The minimum Gasteiger partial charge on any atom is -0.506 e. The van der Waals surface area contributed by atoms with Gasteiger partial charge < -0.3 is 9.84 Å². The molecule has 0 saturated carbocycles. The molecule has 4 nitrogen and oxygen atoms in total. The van der Waals surface area contributed by atoms with Gasteiger partial charge in [0.1, 0.15) is 11.5 Å². The van der Waals surface area contributed by atoms with Crippen LogP contribution in [0.3, 0.4) is 0 Å². The van der Waals surface area contributed by atoms with Gasteiger partial charge in [-0.2, -0.15) is 5.10 Å². The molecule has 0 fully saturated rings. The van der Waals surface area contributed by atoms with Crippen molar-refractivity contribution in [1.29, 1.82) is 0 Å². The van der Waals surface area contributed by atoms with E-state index in [4.69, 9.17) is 4.74 Å². The van der Waals surface area contributed by atoms with Crippen molar-refractivity contribution in [3.05, 3.63) is 52.5 Å². The number of hydrogen-bond acceptors (Lipinski definition) is 4. The predicted octanol–water partition coefficient (Wildman–Crippen LogP) is 3.61.